The topological polar surface area (TPSA) is 81.7 Å². The Balaban J connectivity index is 1.96. The van der Waals surface area contributed by atoms with Gasteiger partial charge in [0.15, 0.2) is 0 Å². The predicted octanol–water partition coefficient (Wildman–Crippen LogP) is 2.84. The molecule has 1 unspecified atom stereocenters. The summed E-state index contributed by atoms with van der Waals surface area (Å²) in [5.41, 5.74) is 0.927. The van der Waals surface area contributed by atoms with Gasteiger partial charge in [0.1, 0.15) is 0 Å². The Kier molecular flexibility index (Phi) is 5.43. The highest BCUT2D eigenvalue weighted by Crippen LogP contribution is 2.14. The summed E-state index contributed by atoms with van der Waals surface area (Å²) in [5, 5.41) is 0. The lowest BCUT2D eigenvalue weighted by Gasteiger charge is -2.18. The van der Waals surface area contributed by atoms with Crippen LogP contribution in [-0.2, 0) is 19.5 Å². The van der Waals surface area contributed by atoms with Gasteiger partial charge < -0.3 is 9.47 Å². The maximum absolute atomic E-state index is 12.1. The van der Waals surface area contributed by atoms with Crippen LogP contribution in [0.5, 0.6) is 0 Å². The largest absolute Gasteiger partial charge is 0.463 e. The molecule has 7 heteroatoms. The van der Waals surface area contributed by atoms with Gasteiger partial charge in [-0.15, -0.1) is 0 Å². The van der Waals surface area contributed by atoms with Crippen molar-refractivity contribution in [2.45, 2.75) is 43.8 Å². The fourth-order valence-electron chi connectivity index (χ4n) is 1.97. The second-order valence-corrected chi connectivity index (χ2v) is 6.73. The summed E-state index contributed by atoms with van der Waals surface area (Å²) in [6, 6.07) is 6.17. The molecular weight excluding hydrogens is 306 g/mol. The summed E-state index contributed by atoms with van der Waals surface area (Å²) >= 11 is 0. The zero-order valence-corrected chi connectivity index (χ0v) is 13.1. The number of rotatable bonds is 3. The van der Waals surface area contributed by atoms with Crippen molar-refractivity contribution in [3.05, 3.63) is 42.2 Å². The van der Waals surface area contributed by atoms with E-state index in [1.807, 2.05) is 17.7 Å². The van der Waals surface area contributed by atoms with E-state index in [2.05, 4.69) is 0 Å². The molecule has 0 bridgehead atoms. The summed E-state index contributed by atoms with van der Waals surface area (Å²) in [4.78, 5) is 11.8. The highest BCUT2D eigenvalue weighted by molar-refractivity contribution is 7.90. The Hall–Kier alpha value is -2.02. The van der Waals surface area contributed by atoms with Gasteiger partial charge in [-0.05, 0) is 44.4 Å². The smallest absolute Gasteiger partial charge is 0.424 e. The average molecular weight is 325 g/mol. The van der Waals surface area contributed by atoms with Crippen LogP contribution in [0.3, 0.4) is 0 Å². The number of aryl methyl sites for hydroxylation is 1. The maximum atomic E-state index is 12.1. The summed E-state index contributed by atoms with van der Waals surface area (Å²) in [6.45, 7) is 1.84. The number of carbonyl (C=O) groups excluding carboxylic acids is 1. The number of benzene rings is 1. The molecule has 1 aromatic carbocycles. The number of nitrogens with one attached hydrogen (secondary N) is 1. The molecule has 0 aliphatic carbocycles. The van der Waals surface area contributed by atoms with Crippen molar-refractivity contribution in [1.29, 1.82) is 0 Å². The minimum absolute atomic E-state index is 0.00790. The van der Waals surface area contributed by atoms with Gasteiger partial charge in [-0.1, -0.05) is 17.7 Å². The fraction of sp³-hybridized carbons (Fsp3) is 0.400. The van der Waals surface area contributed by atoms with Crippen LogP contribution in [0.2, 0.25) is 0 Å². The number of sulfonamides is 1. The molecule has 120 valence electrons. The Morgan fingerprint density at radius 3 is 2.73 bits per heavy atom. The van der Waals surface area contributed by atoms with Gasteiger partial charge in [-0.2, -0.15) is 0 Å². The molecule has 1 aliphatic heterocycles. The molecule has 0 aromatic heterocycles. The van der Waals surface area contributed by atoms with Crippen LogP contribution >= 0.6 is 0 Å². The molecular formula is C15H19NO5S. The van der Waals surface area contributed by atoms with Crippen molar-refractivity contribution in [1.82, 2.24) is 4.72 Å². The van der Waals surface area contributed by atoms with Crippen molar-refractivity contribution in [2.75, 3.05) is 0 Å². The van der Waals surface area contributed by atoms with Gasteiger partial charge in [0.05, 0.1) is 11.2 Å². The average Bonchev–Trinajstić information content (AvgIpc) is 2.41. The van der Waals surface area contributed by atoms with E-state index in [0.29, 0.717) is 6.42 Å². The monoisotopic (exact) mass is 325 g/mol. The molecule has 1 aromatic rings. The molecule has 1 atom stereocenters. The minimum atomic E-state index is -3.94. The van der Waals surface area contributed by atoms with Crippen LogP contribution in [-0.4, -0.2) is 20.8 Å². The van der Waals surface area contributed by atoms with E-state index in [9.17, 15) is 13.2 Å². The third kappa shape index (κ3) is 4.77. The van der Waals surface area contributed by atoms with Crippen molar-refractivity contribution in [2.24, 2.45) is 0 Å². The minimum Gasteiger partial charge on any atom is -0.463 e. The number of amides is 1. The van der Waals surface area contributed by atoms with Crippen LogP contribution < -0.4 is 4.72 Å². The number of hydrogen-bond donors (Lipinski definition) is 1. The van der Waals surface area contributed by atoms with E-state index >= 15 is 0 Å². The number of ether oxygens (including phenoxy) is 2. The second-order valence-electron chi connectivity index (χ2n) is 5.05. The normalized spacial score (nSPS) is 20.1. The van der Waals surface area contributed by atoms with Crippen LogP contribution in [0, 0.1) is 6.92 Å². The van der Waals surface area contributed by atoms with Crippen molar-refractivity contribution in [3.8, 4) is 0 Å². The van der Waals surface area contributed by atoms with Crippen LogP contribution in [0.25, 0.3) is 0 Å². The molecule has 1 aliphatic rings. The molecule has 0 saturated carbocycles. The molecule has 1 amide bonds. The van der Waals surface area contributed by atoms with E-state index in [0.717, 1.165) is 24.8 Å². The predicted molar refractivity (Wildman–Crippen MR) is 80.5 cm³/mol. The van der Waals surface area contributed by atoms with Crippen LogP contribution in [0.15, 0.2) is 41.5 Å². The van der Waals surface area contributed by atoms with Crippen LogP contribution in [0.4, 0.5) is 4.79 Å². The lowest BCUT2D eigenvalue weighted by molar-refractivity contribution is -0.0665. The quantitative estimate of drug-likeness (QED) is 0.924. The number of carbonyl (C=O) groups is 1. The van der Waals surface area contributed by atoms with E-state index in [-0.39, 0.29) is 4.90 Å². The number of hydrogen-bond acceptors (Lipinski definition) is 5. The van der Waals surface area contributed by atoms with Crippen LogP contribution in [0.1, 0.15) is 31.2 Å². The Morgan fingerprint density at radius 1 is 1.27 bits per heavy atom. The highest BCUT2D eigenvalue weighted by Gasteiger charge is 2.22. The van der Waals surface area contributed by atoms with E-state index in [4.69, 9.17) is 9.47 Å². The van der Waals surface area contributed by atoms with E-state index < -0.39 is 22.4 Å². The Bertz CT molecular complexity index is 636. The standard InChI is InChI=1S/C15H19NO5S/c1-12-7-9-13(10-8-12)22(18,19)16-15(17)21-14-6-4-2-3-5-11-20-14/h5,7-11,14H,2-4,6H2,1H3,(H,16,17)/b11-5-. The summed E-state index contributed by atoms with van der Waals surface area (Å²) in [7, 11) is -3.94. The molecule has 0 fully saturated rings. The summed E-state index contributed by atoms with van der Waals surface area (Å²) in [5.74, 6) is 0. The molecule has 0 spiro atoms. The molecule has 1 N–H and O–H groups in total. The zero-order chi connectivity index (χ0) is 16.0. The first-order valence-corrected chi connectivity index (χ1v) is 8.56. The second kappa shape index (κ2) is 7.31. The lowest BCUT2D eigenvalue weighted by atomic mass is 10.2. The highest BCUT2D eigenvalue weighted by atomic mass is 32.2. The van der Waals surface area contributed by atoms with Gasteiger partial charge in [0, 0.05) is 6.42 Å². The Labute approximate surface area is 130 Å². The van der Waals surface area contributed by atoms with Crippen molar-refractivity contribution < 1.29 is 22.7 Å². The first-order chi connectivity index (χ1) is 10.5. The lowest BCUT2D eigenvalue weighted by Crippen LogP contribution is -2.34. The summed E-state index contributed by atoms with van der Waals surface area (Å²) in [6.07, 6.45) is 4.77. The molecule has 2 rings (SSSR count). The number of allylic oxidation sites excluding steroid dienone is 1. The van der Waals surface area contributed by atoms with E-state index in [1.165, 1.54) is 18.4 Å². The van der Waals surface area contributed by atoms with E-state index in [1.54, 1.807) is 12.1 Å². The fourth-order valence-corrected chi connectivity index (χ4v) is 2.85. The van der Waals surface area contributed by atoms with Gasteiger partial charge in [-0.3, -0.25) is 0 Å². The first kappa shape index (κ1) is 16.4. The van der Waals surface area contributed by atoms with Gasteiger partial charge in [-0.25, -0.2) is 17.9 Å². The third-order valence-corrected chi connectivity index (χ3v) is 4.50. The molecule has 0 saturated heterocycles. The molecule has 6 nitrogen and oxygen atoms in total. The van der Waals surface area contributed by atoms with Gasteiger partial charge >= 0.3 is 6.09 Å². The summed E-state index contributed by atoms with van der Waals surface area (Å²) < 4.78 is 36.2. The van der Waals surface area contributed by atoms with Crippen molar-refractivity contribution >= 4 is 16.1 Å². The molecule has 22 heavy (non-hydrogen) atoms. The van der Waals surface area contributed by atoms with Gasteiger partial charge in [0.25, 0.3) is 10.0 Å². The Morgan fingerprint density at radius 2 is 2.00 bits per heavy atom. The third-order valence-electron chi connectivity index (χ3n) is 3.17. The molecule has 0 radical (unpaired) electrons. The molecule has 1 heterocycles. The SMILES string of the molecule is Cc1ccc(S(=O)(=O)NC(=O)OC2CCCC/C=C\O2)cc1. The zero-order valence-electron chi connectivity index (χ0n) is 12.3. The van der Waals surface area contributed by atoms with Gasteiger partial charge in [0.2, 0.25) is 6.29 Å². The van der Waals surface area contributed by atoms with Crippen molar-refractivity contribution in [3.63, 3.8) is 0 Å². The first-order valence-electron chi connectivity index (χ1n) is 7.08. The maximum Gasteiger partial charge on any atom is 0.424 e.